The molecule has 0 radical (unpaired) electrons. The number of pyridine rings is 1. The van der Waals surface area contributed by atoms with Crippen LogP contribution in [-0.2, 0) is 6.18 Å². The van der Waals surface area contributed by atoms with E-state index in [4.69, 9.17) is 0 Å². The zero-order chi connectivity index (χ0) is 17.4. The van der Waals surface area contributed by atoms with E-state index >= 15 is 0 Å². The molecule has 2 rings (SSSR count). The van der Waals surface area contributed by atoms with Crippen LogP contribution >= 0.6 is 0 Å². The van der Waals surface area contributed by atoms with Crippen molar-refractivity contribution in [1.82, 2.24) is 4.98 Å². The first-order valence-electron chi connectivity index (χ1n) is 5.77. The monoisotopic (exact) mass is 343 g/mol. The maximum Gasteiger partial charge on any atom is 0.573 e. The van der Waals surface area contributed by atoms with Crippen LogP contribution in [0.25, 0.3) is 11.1 Å². The minimum Gasteiger partial charge on any atom is -0.405 e. The van der Waals surface area contributed by atoms with Gasteiger partial charge in [0.1, 0.15) is 11.6 Å². The lowest BCUT2D eigenvalue weighted by Crippen LogP contribution is -2.18. The number of halogens is 8. The van der Waals surface area contributed by atoms with Gasteiger partial charge in [-0.1, -0.05) is 18.2 Å². The Labute approximate surface area is 123 Å². The van der Waals surface area contributed by atoms with Gasteiger partial charge in [-0.25, -0.2) is 9.37 Å². The number of para-hydroxylation sites is 1. The van der Waals surface area contributed by atoms with Gasteiger partial charge in [0.05, 0.1) is 5.56 Å². The number of ether oxygens (including phenoxy) is 1. The number of benzene rings is 1. The highest BCUT2D eigenvalue weighted by Gasteiger charge is 2.36. The van der Waals surface area contributed by atoms with Crippen molar-refractivity contribution in [3.05, 3.63) is 47.8 Å². The fourth-order valence-electron chi connectivity index (χ4n) is 1.76. The molecule has 0 aliphatic heterocycles. The molecular formula is C13H5F8NO. The standard InChI is InChI=1S/C13H5F8NO/c14-7-5-9(12(16,17)18)22-11(15)10(7)6-3-1-2-4-8(6)23-13(19,20)21/h1-5H. The van der Waals surface area contributed by atoms with Crippen molar-refractivity contribution in [3.63, 3.8) is 0 Å². The molecule has 0 saturated carbocycles. The van der Waals surface area contributed by atoms with Crippen molar-refractivity contribution in [2.24, 2.45) is 0 Å². The first kappa shape index (κ1) is 17.0. The quantitative estimate of drug-likeness (QED) is 0.569. The number of alkyl halides is 6. The molecule has 1 heterocycles. The van der Waals surface area contributed by atoms with Crippen molar-refractivity contribution >= 4 is 0 Å². The van der Waals surface area contributed by atoms with Crippen molar-refractivity contribution in [3.8, 4) is 16.9 Å². The average Bonchev–Trinajstić information content (AvgIpc) is 2.37. The van der Waals surface area contributed by atoms with E-state index in [0.717, 1.165) is 24.3 Å². The Kier molecular flexibility index (Phi) is 4.18. The van der Waals surface area contributed by atoms with Gasteiger partial charge in [-0.05, 0) is 6.07 Å². The molecule has 0 aliphatic carbocycles. The van der Waals surface area contributed by atoms with Gasteiger partial charge in [-0.3, -0.25) is 0 Å². The average molecular weight is 343 g/mol. The largest absolute Gasteiger partial charge is 0.573 e. The molecule has 0 saturated heterocycles. The number of hydrogen-bond acceptors (Lipinski definition) is 2. The Hall–Kier alpha value is -2.39. The number of nitrogens with zero attached hydrogens (tertiary/aromatic N) is 1. The van der Waals surface area contributed by atoms with Crippen molar-refractivity contribution in [2.75, 3.05) is 0 Å². The molecule has 124 valence electrons. The van der Waals surface area contributed by atoms with Gasteiger partial charge in [0, 0.05) is 11.6 Å². The van der Waals surface area contributed by atoms with E-state index < -0.39 is 46.9 Å². The Morgan fingerprint density at radius 2 is 1.52 bits per heavy atom. The number of hydrogen-bond donors (Lipinski definition) is 0. The predicted octanol–water partition coefficient (Wildman–Crippen LogP) is 4.94. The Balaban J connectivity index is 2.60. The van der Waals surface area contributed by atoms with E-state index in [2.05, 4.69) is 9.72 Å². The van der Waals surface area contributed by atoms with Crippen LogP contribution in [0.3, 0.4) is 0 Å². The number of aromatic nitrogens is 1. The summed E-state index contributed by atoms with van der Waals surface area (Å²) < 4.78 is 105. The van der Waals surface area contributed by atoms with Gasteiger partial charge in [0.15, 0.2) is 5.69 Å². The SMILES string of the molecule is Fc1cc(C(F)(F)F)nc(F)c1-c1ccccc1OC(F)(F)F. The van der Waals surface area contributed by atoms with Crippen LogP contribution in [0, 0.1) is 11.8 Å². The predicted molar refractivity (Wildman–Crippen MR) is 61.3 cm³/mol. The van der Waals surface area contributed by atoms with Crippen LogP contribution in [0.2, 0.25) is 0 Å². The van der Waals surface area contributed by atoms with Crippen LogP contribution in [0.1, 0.15) is 5.69 Å². The minimum absolute atomic E-state index is 0.108. The van der Waals surface area contributed by atoms with E-state index in [1.54, 1.807) is 0 Å². The maximum absolute atomic E-state index is 13.8. The molecule has 1 aromatic heterocycles. The normalized spacial score (nSPS) is 12.3. The first-order chi connectivity index (χ1) is 10.5. The van der Waals surface area contributed by atoms with Crippen LogP contribution < -0.4 is 4.74 Å². The third-order valence-corrected chi connectivity index (χ3v) is 2.60. The molecule has 0 aliphatic rings. The fraction of sp³-hybridized carbons (Fsp3) is 0.154. The minimum atomic E-state index is -5.15. The molecule has 0 atom stereocenters. The molecule has 1 aromatic carbocycles. The van der Waals surface area contributed by atoms with Gasteiger partial charge < -0.3 is 4.74 Å². The second-order valence-corrected chi connectivity index (χ2v) is 4.20. The Bertz CT molecular complexity index is 700. The summed E-state index contributed by atoms with van der Waals surface area (Å²) in [5.74, 6) is -4.60. The fourth-order valence-corrected chi connectivity index (χ4v) is 1.76. The maximum atomic E-state index is 13.8. The summed E-state index contributed by atoms with van der Waals surface area (Å²) in [6.07, 6.45) is -10.3. The molecule has 0 bridgehead atoms. The lowest BCUT2D eigenvalue weighted by molar-refractivity contribution is -0.274. The summed E-state index contributed by atoms with van der Waals surface area (Å²) in [6, 6.07) is 3.74. The smallest absolute Gasteiger partial charge is 0.405 e. The second kappa shape index (κ2) is 5.67. The Morgan fingerprint density at radius 1 is 0.913 bits per heavy atom. The highest BCUT2D eigenvalue weighted by atomic mass is 19.4. The summed E-state index contributed by atoms with van der Waals surface area (Å²) in [5.41, 5.74) is -3.72. The van der Waals surface area contributed by atoms with Crippen molar-refractivity contribution in [2.45, 2.75) is 12.5 Å². The lowest BCUT2D eigenvalue weighted by atomic mass is 10.0. The van der Waals surface area contributed by atoms with Crippen LogP contribution in [0.15, 0.2) is 30.3 Å². The highest BCUT2D eigenvalue weighted by molar-refractivity contribution is 5.71. The van der Waals surface area contributed by atoms with E-state index in [-0.39, 0.29) is 6.07 Å². The van der Waals surface area contributed by atoms with Crippen LogP contribution in [0.4, 0.5) is 35.1 Å². The molecule has 2 aromatic rings. The molecule has 10 heteroatoms. The van der Waals surface area contributed by atoms with E-state index in [0.29, 0.717) is 0 Å². The van der Waals surface area contributed by atoms with E-state index in [1.807, 2.05) is 0 Å². The zero-order valence-electron chi connectivity index (χ0n) is 10.8. The van der Waals surface area contributed by atoms with Crippen LogP contribution in [-0.4, -0.2) is 11.3 Å². The van der Waals surface area contributed by atoms with E-state index in [1.165, 1.54) is 0 Å². The van der Waals surface area contributed by atoms with E-state index in [9.17, 15) is 35.1 Å². The molecule has 23 heavy (non-hydrogen) atoms. The summed E-state index contributed by atoms with van der Waals surface area (Å²) in [5, 5.41) is 0. The van der Waals surface area contributed by atoms with Gasteiger partial charge in [-0.2, -0.15) is 17.6 Å². The molecule has 0 spiro atoms. The van der Waals surface area contributed by atoms with Gasteiger partial charge in [-0.15, -0.1) is 13.2 Å². The molecule has 2 nitrogen and oxygen atoms in total. The number of rotatable bonds is 2. The van der Waals surface area contributed by atoms with Gasteiger partial charge >= 0.3 is 12.5 Å². The molecule has 0 fully saturated rings. The lowest BCUT2D eigenvalue weighted by Gasteiger charge is -2.15. The van der Waals surface area contributed by atoms with Crippen LogP contribution in [0.5, 0.6) is 5.75 Å². The molecule has 0 amide bonds. The second-order valence-electron chi connectivity index (χ2n) is 4.20. The molecule has 0 N–H and O–H groups in total. The van der Waals surface area contributed by atoms with Gasteiger partial charge in [0.25, 0.3) is 0 Å². The molecular weight excluding hydrogens is 338 g/mol. The van der Waals surface area contributed by atoms with Crippen molar-refractivity contribution in [1.29, 1.82) is 0 Å². The zero-order valence-corrected chi connectivity index (χ0v) is 10.8. The topological polar surface area (TPSA) is 22.1 Å². The summed E-state index contributed by atoms with van der Waals surface area (Å²) in [6.45, 7) is 0. The van der Waals surface area contributed by atoms with Gasteiger partial charge in [0.2, 0.25) is 5.95 Å². The summed E-state index contributed by atoms with van der Waals surface area (Å²) >= 11 is 0. The Morgan fingerprint density at radius 3 is 2.04 bits per heavy atom. The summed E-state index contributed by atoms with van der Waals surface area (Å²) in [4.78, 5) is 2.55. The third-order valence-electron chi connectivity index (χ3n) is 2.60. The summed E-state index contributed by atoms with van der Waals surface area (Å²) in [7, 11) is 0. The highest BCUT2D eigenvalue weighted by Crippen LogP contribution is 2.38. The first-order valence-corrected chi connectivity index (χ1v) is 5.77. The van der Waals surface area contributed by atoms with Crippen molar-refractivity contribution < 1.29 is 39.9 Å². The molecule has 0 unspecified atom stereocenters. The third kappa shape index (κ3) is 3.88.